The minimum absolute atomic E-state index is 0. The fourth-order valence-corrected chi connectivity index (χ4v) is 4.41. The van der Waals surface area contributed by atoms with Gasteiger partial charge in [0.15, 0.2) is 11.1 Å². The number of aliphatic imine (C=N–C) groups is 1. The summed E-state index contributed by atoms with van der Waals surface area (Å²) in [7, 11) is 5.82. The molecule has 3 N–H and O–H groups in total. The van der Waals surface area contributed by atoms with Crippen LogP contribution in [0.4, 0.5) is 5.13 Å². The van der Waals surface area contributed by atoms with Crippen LogP contribution in [0.25, 0.3) is 0 Å². The third-order valence-corrected chi connectivity index (χ3v) is 6.51. The lowest BCUT2D eigenvalue weighted by molar-refractivity contribution is 0.0355. The number of halogens is 1. The van der Waals surface area contributed by atoms with Gasteiger partial charge in [0.2, 0.25) is 0 Å². The van der Waals surface area contributed by atoms with E-state index in [2.05, 4.69) is 68.6 Å². The van der Waals surface area contributed by atoms with Gasteiger partial charge in [-0.1, -0.05) is 30.3 Å². The van der Waals surface area contributed by atoms with Gasteiger partial charge in [-0.15, -0.1) is 35.3 Å². The molecule has 0 amide bonds. The Morgan fingerprint density at radius 3 is 2.55 bits per heavy atom. The molecule has 0 radical (unpaired) electrons. The lowest BCUT2D eigenvalue weighted by Gasteiger charge is -2.41. The van der Waals surface area contributed by atoms with Crippen LogP contribution in [0.5, 0.6) is 0 Å². The first-order valence-corrected chi connectivity index (χ1v) is 11.4. The topological polar surface area (TPSA) is 73.8 Å². The van der Waals surface area contributed by atoms with Gasteiger partial charge in [0, 0.05) is 57.9 Å². The maximum absolute atomic E-state index is 5.65. The molecule has 7 nitrogen and oxygen atoms in total. The Hall–Kier alpha value is -1.43. The maximum Gasteiger partial charge on any atom is 0.191 e. The number of aromatic nitrogens is 1. The monoisotopic (exact) mass is 558 g/mol. The summed E-state index contributed by atoms with van der Waals surface area (Å²) < 4.78 is 5.65. The maximum atomic E-state index is 5.65. The van der Waals surface area contributed by atoms with Crippen molar-refractivity contribution in [2.24, 2.45) is 4.99 Å². The SMILES string of the molecule is CN=C(NCc1csc(N(C)C)n1)NCC1(NC(C)c2ccccc2)CCOCC1.I. The highest BCUT2D eigenvalue weighted by atomic mass is 127. The van der Waals surface area contributed by atoms with Crippen LogP contribution < -0.4 is 20.9 Å². The summed E-state index contributed by atoms with van der Waals surface area (Å²) in [5, 5.41) is 13.9. The van der Waals surface area contributed by atoms with Gasteiger partial charge in [-0.25, -0.2) is 4.98 Å². The second-order valence-electron chi connectivity index (χ2n) is 7.96. The van der Waals surface area contributed by atoms with Crippen LogP contribution >= 0.6 is 35.3 Å². The Morgan fingerprint density at radius 2 is 1.94 bits per heavy atom. The summed E-state index contributed by atoms with van der Waals surface area (Å²) in [4.78, 5) is 11.0. The van der Waals surface area contributed by atoms with E-state index < -0.39 is 0 Å². The van der Waals surface area contributed by atoms with E-state index in [-0.39, 0.29) is 35.6 Å². The first kappa shape index (κ1) is 25.8. The fourth-order valence-electron chi connectivity index (χ4n) is 3.65. The van der Waals surface area contributed by atoms with Crippen LogP contribution in [-0.2, 0) is 11.3 Å². The zero-order chi connectivity index (χ0) is 21.4. The smallest absolute Gasteiger partial charge is 0.191 e. The minimum atomic E-state index is -0.0378. The molecule has 3 rings (SSSR count). The summed E-state index contributed by atoms with van der Waals surface area (Å²) in [5.41, 5.74) is 2.28. The van der Waals surface area contributed by atoms with Crippen LogP contribution in [0.1, 0.15) is 37.1 Å². The molecule has 172 valence electrons. The molecule has 1 unspecified atom stereocenters. The van der Waals surface area contributed by atoms with Crippen LogP contribution in [0, 0.1) is 0 Å². The summed E-state index contributed by atoms with van der Waals surface area (Å²) in [6, 6.07) is 10.9. The Labute approximate surface area is 207 Å². The zero-order valence-electron chi connectivity index (χ0n) is 18.9. The lowest BCUT2D eigenvalue weighted by atomic mass is 9.88. The van der Waals surface area contributed by atoms with Crippen LogP contribution in [-0.4, -0.2) is 57.4 Å². The van der Waals surface area contributed by atoms with Crippen molar-refractivity contribution < 1.29 is 4.74 Å². The van der Waals surface area contributed by atoms with Crippen molar-refractivity contribution >= 4 is 46.4 Å². The Bertz CT molecular complexity index is 807. The number of hydrogen-bond donors (Lipinski definition) is 3. The number of nitrogens with zero attached hydrogens (tertiary/aromatic N) is 3. The predicted molar refractivity (Wildman–Crippen MR) is 141 cm³/mol. The molecule has 1 atom stereocenters. The Morgan fingerprint density at radius 1 is 1.23 bits per heavy atom. The van der Waals surface area contributed by atoms with Crippen molar-refractivity contribution in [2.75, 3.05) is 45.8 Å². The van der Waals surface area contributed by atoms with Crippen molar-refractivity contribution in [3.63, 3.8) is 0 Å². The summed E-state index contributed by atoms with van der Waals surface area (Å²) >= 11 is 1.65. The van der Waals surface area contributed by atoms with Crippen LogP contribution in [0.15, 0.2) is 40.7 Å². The van der Waals surface area contributed by atoms with E-state index in [1.54, 1.807) is 18.4 Å². The molecule has 2 aromatic rings. The standard InChI is InChI=1S/C22H34N6OS.HI/c1-17(18-8-6-5-7-9-18)27-22(10-12-29-13-11-22)16-25-20(23-2)24-14-19-15-30-21(26-19)28(3)4;/h5-9,15,17,27H,10-14,16H2,1-4H3,(H2,23,24,25);1H. The molecule has 1 saturated heterocycles. The third-order valence-electron chi connectivity index (χ3n) is 5.45. The van der Waals surface area contributed by atoms with Gasteiger partial charge in [0.25, 0.3) is 0 Å². The molecule has 1 aliphatic heterocycles. The highest BCUT2D eigenvalue weighted by molar-refractivity contribution is 14.0. The molecular weight excluding hydrogens is 523 g/mol. The van der Waals surface area contributed by atoms with E-state index in [9.17, 15) is 0 Å². The lowest BCUT2D eigenvalue weighted by Crippen LogP contribution is -2.58. The molecule has 2 heterocycles. The van der Waals surface area contributed by atoms with Gasteiger partial charge < -0.3 is 25.6 Å². The van der Waals surface area contributed by atoms with Crippen molar-refractivity contribution in [3.05, 3.63) is 47.0 Å². The van der Waals surface area contributed by atoms with Gasteiger partial charge in [0.1, 0.15) is 0 Å². The first-order valence-electron chi connectivity index (χ1n) is 10.5. The van der Waals surface area contributed by atoms with E-state index in [0.29, 0.717) is 6.54 Å². The molecule has 0 bridgehead atoms. The van der Waals surface area contributed by atoms with E-state index in [1.165, 1.54) is 5.56 Å². The van der Waals surface area contributed by atoms with Crippen molar-refractivity contribution in [1.29, 1.82) is 0 Å². The minimum Gasteiger partial charge on any atom is -0.381 e. The largest absolute Gasteiger partial charge is 0.381 e. The fraction of sp³-hybridized carbons (Fsp3) is 0.545. The first-order chi connectivity index (χ1) is 14.5. The van der Waals surface area contributed by atoms with Gasteiger partial charge in [0.05, 0.1) is 12.2 Å². The number of rotatable bonds is 8. The van der Waals surface area contributed by atoms with E-state index in [0.717, 1.165) is 49.4 Å². The molecule has 0 aliphatic carbocycles. The normalized spacial score (nSPS) is 16.8. The van der Waals surface area contributed by atoms with Crippen molar-refractivity contribution in [3.8, 4) is 0 Å². The van der Waals surface area contributed by atoms with Crippen molar-refractivity contribution in [2.45, 2.75) is 37.9 Å². The zero-order valence-corrected chi connectivity index (χ0v) is 22.0. The third kappa shape index (κ3) is 7.58. The average molecular weight is 559 g/mol. The number of thiazole rings is 1. The van der Waals surface area contributed by atoms with Crippen LogP contribution in [0.2, 0.25) is 0 Å². The van der Waals surface area contributed by atoms with E-state index in [4.69, 9.17) is 4.74 Å². The molecule has 1 aromatic carbocycles. The second-order valence-corrected chi connectivity index (χ2v) is 8.80. The van der Waals surface area contributed by atoms with Gasteiger partial charge in [-0.3, -0.25) is 4.99 Å². The summed E-state index contributed by atoms with van der Waals surface area (Å²) in [6.45, 7) is 5.20. The molecule has 0 spiro atoms. The summed E-state index contributed by atoms with van der Waals surface area (Å²) in [5.74, 6) is 0.787. The molecular formula is C22H35IN6OS. The second kappa shape index (κ2) is 12.6. The molecule has 9 heteroatoms. The Balaban J connectivity index is 0.00000341. The molecule has 0 saturated carbocycles. The Kier molecular flexibility index (Phi) is 10.5. The number of hydrogen-bond acceptors (Lipinski definition) is 6. The van der Waals surface area contributed by atoms with Crippen LogP contribution in [0.3, 0.4) is 0 Å². The molecule has 1 aliphatic rings. The number of nitrogens with one attached hydrogen (secondary N) is 3. The summed E-state index contributed by atoms with van der Waals surface area (Å²) in [6.07, 6.45) is 1.93. The number of anilines is 1. The molecule has 1 aromatic heterocycles. The molecule has 1 fully saturated rings. The van der Waals surface area contributed by atoms with E-state index >= 15 is 0 Å². The van der Waals surface area contributed by atoms with Gasteiger partial charge >= 0.3 is 0 Å². The van der Waals surface area contributed by atoms with Gasteiger partial charge in [-0.05, 0) is 25.3 Å². The number of benzene rings is 1. The highest BCUT2D eigenvalue weighted by Crippen LogP contribution is 2.25. The molecule has 31 heavy (non-hydrogen) atoms. The van der Waals surface area contributed by atoms with Crippen molar-refractivity contribution in [1.82, 2.24) is 20.9 Å². The van der Waals surface area contributed by atoms with Gasteiger partial charge in [-0.2, -0.15) is 0 Å². The number of ether oxygens (including phenoxy) is 1. The van der Waals surface area contributed by atoms with E-state index in [1.807, 2.05) is 19.0 Å². The quantitative estimate of drug-likeness (QED) is 0.262. The highest BCUT2D eigenvalue weighted by Gasteiger charge is 2.34. The predicted octanol–water partition coefficient (Wildman–Crippen LogP) is 3.39. The number of guanidine groups is 1. The average Bonchev–Trinajstić information content (AvgIpc) is 3.25.